The largest absolute Gasteiger partial charge is 0.378 e. The zero-order valence-electron chi connectivity index (χ0n) is 9.37. The van der Waals surface area contributed by atoms with Crippen molar-refractivity contribution in [3.05, 3.63) is 23.9 Å². The van der Waals surface area contributed by atoms with Crippen LogP contribution < -0.4 is 0 Å². The number of fused-ring (bicyclic) bond motifs is 1. The van der Waals surface area contributed by atoms with Gasteiger partial charge >= 0.3 is 0 Å². The van der Waals surface area contributed by atoms with E-state index in [1.54, 1.807) is 0 Å². The Balaban J connectivity index is 2.18. The number of pyridine rings is 1. The molecule has 2 rings (SSSR count). The zero-order valence-corrected chi connectivity index (χ0v) is 10.9. The molecule has 0 atom stereocenters. The Kier molecular flexibility index (Phi) is 3.84. The van der Waals surface area contributed by atoms with Gasteiger partial charge in [0.2, 0.25) is 0 Å². The van der Waals surface area contributed by atoms with Crippen LogP contribution in [0.25, 0.3) is 0 Å². The maximum absolute atomic E-state index is 12.0. The van der Waals surface area contributed by atoms with Crippen molar-refractivity contribution in [3.8, 4) is 0 Å². The van der Waals surface area contributed by atoms with Gasteiger partial charge in [-0.25, -0.2) is 9.29 Å². The molecule has 0 spiro atoms. The maximum atomic E-state index is 12.0. The number of amides is 1. The van der Waals surface area contributed by atoms with Crippen LogP contribution in [0.3, 0.4) is 0 Å². The number of hydrogen-bond donors (Lipinski definition) is 0. The van der Waals surface area contributed by atoms with Crippen LogP contribution in [0.5, 0.6) is 0 Å². The Labute approximate surface area is 110 Å². The summed E-state index contributed by atoms with van der Waals surface area (Å²) in [5.74, 6) is -0.241. The number of halogens is 1. The van der Waals surface area contributed by atoms with Crippen LogP contribution in [0, 0.1) is 0 Å². The van der Waals surface area contributed by atoms with Gasteiger partial charge in [0.25, 0.3) is 15.9 Å². The number of nitrogens with zero attached hydrogens (tertiary/aromatic N) is 2. The minimum atomic E-state index is -3.82. The molecule has 1 aliphatic rings. The normalized spacial score (nSPS) is 16.9. The van der Waals surface area contributed by atoms with Gasteiger partial charge in [-0.3, -0.25) is 4.79 Å². The molecule has 8 heteroatoms. The molecular formula is C10H11ClN2O4S. The van der Waals surface area contributed by atoms with E-state index in [2.05, 4.69) is 4.98 Å². The van der Waals surface area contributed by atoms with Gasteiger partial charge < -0.3 is 4.74 Å². The summed E-state index contributed by atoms with van der Waals surface area (Å²) < 4.78 is 29.9. The molecule has 0 aromatic carbocycles. The average Bonchev–Trinajstić information content (AvgIpc) is 2.55. The second kappa shape index (κ2) is 5.21. The van der Waals surface area contributed by atoms with E-state index in [4.69, 9.17) is 16.3 Å². The lowest BCUT2D eigenvalue weighted by Gasteiger charge is -2.14. The third-order valence-electron chi connectivity index (χ3n) is 2.42. The van der Waals surface area contributed by atoms with Gasteiger partial charge in [-0.2, -0.15) is 8.42 Å². The molecule has 0 aliphatic carbocycles. The van der Waals surface area contributed by atoms with E-state index in [9.17, 15) is 13.2 Å². The highest BCUT2D eigenvalue weighted by molar-refractivity contribution is 7.90. The van der Waals surface area contributed by atoms with Crippen molar-refractivity contribution in [1.82, 2.24) is 9.29 Å². The van der Waals surface area contributed by atoms with Crippen molar-refractivity contribution in [2.45, 2.75) is 5.03 Å². The molecule has 0 unspecified atom stereocenters. The van der Waals surface area contributed by atoms with E-state index < -0.39 is 15.9 Å². The van der Waals surface area contributed by atoms with Crippen molar-refractivity contribution < 1.29 is 17.9 Å². The van der Waals surface area contributed by atoms with E-state index in [1.807, 2.05) is 0 Å². The monoisotopic (exact) mass is 290 g/mol. The van der Waals surface area contributed by atoms with Gasteiger partial charge in [-0.15, -0.1) is 11.6 Å². The molecule has 2 heterocycles. The van der Waals surface area contributed by atoms with Crippen LogP contribution in [0.1, 0.15) is 10.4 Å². The van der Waals surface area contributed by atoms with Gasteiger partial charge in [0, 0.05) is 12.1 Å². The number of hydrogen-bond acceptors (Lipinski definition) is 5. The van der Waals surface area contributed by atoms with Crippen molar-refractivity contribution in [3.63, 3.8) is 0 Å². The van der Waals surface area contributed by atoms with E-state index >= 15 is 0 Å². The summed E-state index contributed by atoms with van der Waals surface area (Å²) in [5.41, 5.74) is 0.106. The molecule has 0 fully saturated rings. The second-order valence-electron chi connectivity index (χ2n) is 3.54. The number of aromatic nitrogens is 1. The zero-order chi connectivity index (χ0) is 13.2. The molecule has 1 aromatic heterocycles. The molecule has 0 radical (unpaired) electrons. The summed E-state index contributed by atoms with van der Waals surface area (Å²) in [6.07, 6.45) is 1.34. The van der Waals surface area contributed by atoms with Gasteiger partial charge in [0.1, 0.15) is 0 Å². The van der Waals surface area contributed by atoms with Crippen LogP contribution in [0.4, 0.5) is 0 Å². The Morgan fingerprint density at radius 2 is 2.17 bits per heavy atom. The number of sulfonamides is 1. The van der Waals surface area contributed by atoms with E-state index in [0.29, 0.717) is 12.5 Å². The number of alkyl halides is 1. The van der Waals surface area contributed by atoms with Crippen LogP contribution in [-0.4, -0.2) is 49.3 Å². The smallest absolute Gasteiger partial charge is 0.285 e. The van der Waals surface area contributed by atoms with E-state index in [0.717, 1.165) is 4.31 Å². The molecule has 98 valence electrons. The quantitative estimate of drug-likeness (QED) is 0.582. The highest BCUT2D eigenvalue weighted by atomic mass is 35.5. The predicted molar refractivity (Wildman–Crippen MR) is 64.0 cm³/mol. The summed E-state index contributed by atoms with van der Waals surface area (Å²) in [6.45, 7) is 0.398. The van der Waals surface area contributed by atoms with Crippen molar-refractivity contribution >= 4 is 27.5 Å². The Morgan fingerprint density at radius 3 is 2.83 bits per heavy atom. The van der Waals surface area contributed by atoms with Crippen molar-refractivity contribution in [2.75, 3.05) is 25.6 Å². The summed E-state index contributed by atoms with van der Waals surface area (Å²) in [5, 5.41) is -0.188. The molecule has 0 saturated carbocycles. The first-order valence-electron chi connectivity index (χ1n) is 5.25. The van der Waals surface area contributed by atoms with Crippen LogP contribution >= 0.6 is 11.6 Å². The molecular weight excluding hydrogens is 280 g/mol. The summed E-state index contributed by atoms with van der Waals surface area (Å²) in [7, 11) is -3.82. The second-order valence-corrected chi connectivity index (χ2v) is 5.70. The number of carbonyl (C=O) groups is 1. The molecule has 1 aromatic rings. The molecule has 0 N–H and O–H groups in total. The number of carbonyl (C=O) groups excluding carboxylic acids is 1. The topological polar surface area (TPSA) is 76.6 Å². The molecule has 18 heavy (non-hydrogen) atoms. The maximum Gasteiger partial charge on any atom is 0.285 e. The molecule has 1 amide bonds. The van der Waals surface area contributed by atoms with Crippen molar-refractivity contribution in [2.24, 2.45) is 0 Å². The molecule has 1 aliphatic heterocycles. The standard InChI is InChI=1S/C10H11ClN2O4S/c11-3-6-17-7-5-13-10(14)8-2-1-4-12-9(8)18(13,15)16/h1-2,4H,3,5-7H2. The fourth-order valence-corrected chi connectivity index (χ4v) is 3.21. The Bertz CT molecular complexity index is 561. The third kappa shape index (κ3) is 2.21. The first-order chi connectivity index (χ1) is 8.59. The van der Waals surface area contributed by atoms with Gasteiger partial charge in [0.15, 0.2) is 5.03 Å². The summed E-state index contributed by atoms with van der Waals surface area (Å²) in [4.78, 5) is 15.6. The fraction of sp³-hybridized carbons (Fsp3) is 0.400. The van der Waals surface area contributed by atoms with Gasteiger partial charge in [-0.1, -0.05) is 0 Å². The molecule has 0 saturated heterocycles. The lowest BCUT2D eigenvalue weighted by atomic mass is 10.3. The van der Waals surface area contributed by atoms with E-state index in [-0.39, 0.29) is 23.7 Å². The minimum Gasteiger partial charge on any atom is -0.378 e. The molecule has 0 bridgehead atoms. The minimum absolute atomic E-state index is 0.0333. The van der Waals surface area contributed by atoms with Crippen molar-refractivity contribution in [1.29, 1.82) is 0 Å². The number of rotatable bonds is 5. The Morgan fingerprint density at radius 1 is 1.39 bits per heavy atom. The summed E-state index contributed by atoms with van der Waals surface area (Å²) >= 11 is 5.42. The Hall–Kier alpha value is -1.18. The average molecular weight is 291 g/mol. The van der Waals surface area contributed by atoms with Crippen LogP contribution in [0.15, 0.2) is 23.4 Å². The van der Waals surface area contributed by atoms with Gasteiger partial charge in [0.05, 0.1) is 25.3 Å². The van der Waals surface area contributed by atoms with Gasteiger partial charge in [-0.05, 0) is 12.1 Å². The first-order valence-corrected chi connectivity index (χ1v) is 7.22. The van der Waals surface area contributed by atoms with Crippen LogP contribution in [0.2, 0.25) is 0 Å². The lowest BCUT2D eigenvalue weighted by molar-refractivity contribution is 0.0812. The van der Waals surface area contributed by atoms with E-state index in [1.165, 1.54) is 18.3 Å². The third-order valence-corrected chi connectivity index (χ3v) is 4.32. The number of ether oxygens (including phenoxy) is 1. The summed E-state index contributed by atoms with van der Waals surface area (Å²) in [6, 6.07) is 2.97. The lowest BCUT2D eigenvalue weighted by Crippen LogP contribution is -2.33. The predicted octanol–water partition coefficient (Wildman–Crippen LogP) is 0.481. The molecule has 6 nitrogen and oxygen atoms in total. The highest BCUT2D eigenvalue weighted by Crippen LogP contribution is 2.27. The first kappa shape index (κ1) is 13.3. The SMILES string of the molecule is O=C1c2cccnc2S(=O)(=O)N1CCOCCCl. The van der Waals surface area contributed by atoms with Crippen LogP contribution in [-0.2, 0) is 14.8 Å². The fourth-order valence-electron chi connectivity index (χ4n) is 1.63. The highest BCUT2D eigenvalue weighted by Gasteiger charge is 2.41.